The fourth-order valence-electron chi connectivity index (χ4n) is 2.44. The molecule has 1 aliphatic heterocycles. The molecular formula is C17H20N2O3S. The fraction of sp³-hybridized carbons (Fsp3) is 0.353. The summed E-state index contributed by atoms with van der Waals surface area (Å²) in [6.07, 6.45) is -0.156. The molecule has 0 bridgehead atoms. The van der Waals surface area contributed by atoms with Crippen LogP contribution in [0.4, 0.5) is 0 Å². The number of hydrogen-bond donors (Lipinski definition) is 1. The topological polar surface area (TPSA) is 50.8 Å². The molecule has 0 fully saturated rings. The van der Waals surface area contributed by atoms with Gasteiger partial charge in [0.2, 0.25) is 5.91 Å². The predicted molar refractivity (Wildman–Crippen MR) is 90.0 cm³/mol. The van der Waals surface area contributed by atoms with Gasteiger partial charge in [-0.25, -0.2) is 0 Å². The second-order valence-electron chi connectivity index (χ2n) is 5.61. The molecule has 1 N–H and O–H groups in total. The number of ether oxygens (including phenoxy) is 2. The summed E-state index contributed by atoms with van der Waals surface area (Å²) in [5.74, 6) is 1.48. The molecule has 1 aromatic carbocycles. The summed E-state index contributed by atoms with van der Waals surface area (Å²) in [6.45, 7) is 2.02. The maximum absolute atomic E-state index is 12.0. The minimum Gasteiger partial charge on any atom is -0.486 e. The number of likely N-dealkylation sites (N-methyl/N-ethyl adjacent to an activating group) is 1. The van der Waals surface area contributed by atoms with Gasteiger partial charge in [0.1, 0.15) is 12.7 Å². The fourth-order valence-corrected chi connectivity index (χ4v) is 3.10. The molecule has 0 unspecified atom stereocenters. The summed E-state index contributed by atoms with van der Waals surface area (Å²) in [6, 6.07) is 9.64. The molecule has 1 aliphatic rings. The standard InChI is InChI=1S/C17H20N2O3S/c1-19(9-13-6-7-23-12-13)10-17(20)18-8-14-11-21-15-4-2-3-5-16(15)22-14/h2-7,12,14H,8-11H2,1H3,(H,18,20)/t14-/m1/s1. The summed E-state index contributed by atoms with van der Waals surface area (Å²) in [7, 11) is 1.94. The van der Waals surface area contributed by atoms with Gasteiger partial charge in [-0.05, 0) is 41.6 Å². The average molecular weight is 332 g/mol. The van der Waals surface area contributed by atoms with Crippen LogP contribution in [0.1, 0.15) is 5.56 Å². The number of benzene rings is 1. The van der Waals surface area contributed by atoms with Crippen molar-refractivity contribution in [3.63, 3.8) is 0 Å². The second kappa shape index (κ2) is 7.48. The summed E-state index contributed by atoms with van der Waals surface area (Å²) in [5, 5.41) is 7.05. The van der Waals surface area contributed by atoms with Crippen LogP contribution in [0.3, 0.4) is 0 Å². The maximum Gasteiger partial charge on any atom is 0.234 e. The van der Waals surface area contributed by atoms with Crippen LogP contribution in [0.25, 0.3) is 0 Å². The summed E-state index contributed by atoms with van der Waals surface area (Å²) >= 11 is 1.67. The Morgan fingerprint density at radius 1 is 1.35 bits per heavy atom. The van der Waals surface area contributed by atoms with Gasteiger partial charge >= 0.3 is 0 Å². The van der Waals surface area contributed by atoms with E-state index in [9.17, 15) is 4.79 Å². The summed E-state index contributed by atoms with van der Waals surface area (Å²) < 4.78 is 11.5. The van der Waals surface area contributed by atoms with Gasteiger partial charge in [-0.1, -0.05) is 12.1 Å². The van der Waals surface area contributed by atoms with Crippen LogP contribution in [0, 0.1) is 0 Å². The lowest BCUT2D eigenvalue weighted by Crippen LogP contribution is -2.43. The quantitative estimate of drug-likeness (QED) is 0.880. The lowest BCUT2D eigenvalue weighted by atomic mass is 10.2. The van der Waals surface area contributed by atoms with Crippen LogP contribution < -0.4 is 14.8 Å². The van der Waals surface area contributed by atoms with E-state index in [1.54, 1.807) is 11.3 Å². The molecule has 1 aromatic heterocycles. The number of hydrogen-bond acceptors (Lipinski definition) is 5. The van der Waals surface area contributed by atoms with Crippen molar-refractivity contribution in [2.24, 2.45) is 0 Å². The number of nitrogens with zero attached hydrogens (tertiary/aromatic N) is 1. The number of para-hydroxylation sites is 2. The molecular weight excluding hydrogens is 312 g/mol. The van der Waals surface area contributed by atoms with E-state index in [4.69, 9.17) is 9.47 Å². The van der Waals surface area contributed by atoms with Crippen LogP contribution in [0.2, 0.25) is 0 Å². The average Bonchev–Trinajstić information content (AvgIpc) is 3.05. The van der Waals surface area contributed by atoms with Crippen molar-refractivity contribution < 1.29 is 14.3 Å². The van der Waals surface area contributed by atoms with Gasteiger partial charge in [-0.2, -0.15) is 11.3 Å². The zero-order valence-electron chi connectivity index (χ0n) is 13.0. The Hall–Kier alpha value is -2.05. The Kier molecular flexibility index (Phi) is 5.15. The van der Waals surface area contributed by atoms with Gasteiger partial charge in [0.05, 0.1) is 13.1 Å². The van der Waals surface area contributed by atoms with Crippen LogP contribution in [-0.4, -0.2) is 43.7 Å². The van der Waals surface area contributed by atoms with Crippen molar-refractivity contribution in [2.75, 3.05) is 26.7 Å². The monoisotopic (exact) mass is 332 g/mol. The van der Waals surface area contributed by atoms with Crippen molar-refractivity contribution in [3.05, 3.63) is 46.7 Å². The second-order valence-corrected chi connectivity index (χ2v) is 6.39. The molecule has 6 heteroatoms. The van der Waals surface area contributed by atoms with Gasteiger partial charge in [0, 0.05) is 6.54 Å². The SMILES string of the molecule is CN(CC(=O)NC[C@@H]1COc2ccccc2O1)Cc1ccsc1. The number of fused-ring (bicyclic) bond motifs is 1. The number of carbonyl (C=O) groups excluding carboxylic acids is 1. The highest BCUT2D eigenvalue weighted by atomic mass is 32.1. The smallest absolute Gasteiger partial charge is 0.234 e. The zero-order chi connectivity index (χ0) is 16.1. The zero-order valence-corrected chi connectivity index (χ0v) is 13.8. The van der Waals surface area contributed by atoms with E-state index in [2.05, 4.69) is 16.8 Å². The van der Waals surface area contributed by atoms with E-state index in [1.807, 2.05) is 41.6 Å². The third-order valence-corrected chi connectivity index (χ3v) is 4.27. The Morgan fingerprint density at radius 3 is 2.96 bits per heavy atom. The van der Waals surface area contributed by atoms with Gasteiger partial charge in [0.25, 0.3) is 0 Å². The predicted octanol–water partition coefficient (Wildman–Crippen LogP) is 2.14. The molecule has 0 saturated carbocycles. The van der Waals surface area contributed by atoms with Gasteiger partial charge in [-0.15, -0.1) is 0 Å². The Balaban J connectivity index is 1.41. The first-order valence-corrected chi connectivity index (χ1v) is 8.50. The largest absolute Gasteiger partial charge is 0.486 e. The van der Waals surface area contributed by atoms with Gasteiger partial charge in [-0.3, -0.25) is 9.69 Å². The van der Waals surface area contributed by atoms with Crippen LogP contribution in [-0.2, 0) is 11.3 Å². The molecule has 3 rings (SSSR count). The lowest BCUT2D eigenvalue weighted by molar-refractivity contribution is -0.122. The summed E-state index contributed by atoms with van der Waals surface area (Å²) in [4.78, 5) is 14.0. The lowest BCUT2D eigenvalue weighted by Gasteiger charge is -2.26. The third kappa shape index (κ3) is 4.46. The highest BCUT2D eigenvalue weighted by Gasteiger charge is 2.21. The van der Waals surface area contributed by atoms with E-state index in [1.165, 1.54) is 5.56 Å². The highest BCUT2D eigenvalue weighted by molar-refractivity contribution is 7.07. The molecule has 0 saturated heterocycles. The number of thiophene rings is 1. The van der Waals surface area contributed by atoms with E-state index in [-0.39, 0.29) is 12.0 Å². The van der Waals surface area contributed by atoms with Crippen LogP contribution in [0.15, 0.2) is 41.1 Å². The molecule has 5 nitrogen and oxygen atoms in total. The Labute approximate surface area is 139 Å². The van der Waals surface area contributed by atoms with E-state index < -0.39 is 0 Å². The van der Waals surface area contributed by atoms with Crippen LogP contribution in [0.5, 0.6) is 11.5 Å². The van der Waals surface area contributed by atoms with E-state index >= 15 is 0 Å². The van der Waals surface area contributed by atoms with E-state index in [0.29, 0.717) is 19.7 Å². The molecule has 0 radical (unpaired) electrons. The maximum atomic E-state index is 12.0. The molecule has 1 atom stereocenters. The normalized spacial score (nSPS) is 16.3. The minimum atomic E-state index is -0.156. The number of amides is 1. The molecule has 122 valence electrons. The number of rotatable bonds is 6. The highest BCUT2D eigenvalue weighted by Crippen LogP contribution is 2.30. The molecule has 1 amide bonds. The van der Waals surface area contributed by atoms with E-state index in [0.717, 1.165) is 18.0 Å². The van der Waals surface area contributed by atoms with Crippen molar-refractivity contribution in [3.8, 4) is 11.5 Å². The minimum absolute atomic E-state index is 0.00908. The summed E-state index contributed by atoms with van der Waals surface area (Å²) in [5.41, 5.74) is 1.23. The van der Waals surface area contributed by atoms with Crippen molar-refractivity contribution >= 4 is 17.2 Å². The van der Waals surface area contributed by atoms with Gasteiger partial charge < -0.3 is 14.8 Å². The van der Waals surface area contributed by atoms with Crippen molar-refractivity contribution in [2.45, 2.75) is 12.6 Å². The first-order valence-electron chi connectivity index (χ1n) is 7.55. The molecule has 0 spiro atoms. The Morgan fingerprint density at radius 2 is 2.17 bits per heavy atom. The van der Waals surface area contributed by atoms with Crippen molar-refractivity contribution in [1.29, 1.82) is 0 Å². The number of nitrogens with one attached hydrogen (secondary N) is 1. The molecule has 2 aromatic rings. The third-order valence-electron chi connectivity index (χ3n) is 3.54. The first-order chi connectivity index (χ1) is 11.2. The molecule has 23 heavy (non-hydrogen) atoms. The first kappa shape index (κ1) is 15.8. The van der Waals surface area contributed by atoms with Crippen molar-refractivity contribution in [1.82, 2.24) is 10.2 Å². The Bertz CT molecular complexity index is 645. The van der Waals surface area contributed by atoms with Gasteiger partial charge in [0.15, 0.2) is 11.5 Å². The number of carbonyl (C=O) groups is 1. The molecule has 2 heterocycles. The molecule has 0 aliphatic carbocycles. The van der Waals surface area contributed by atoms with Crippen LogP contribution >= 0.6 is 11.3 Å².